The first-order valence-corrected chi connectivity index (χ1v) is 5.45. The van der Waals surface area contributed by atoms with Crippen LogP contribution in [0.5, 0.6) is 0 Å². The van der Waals surface area contributed by atoms with Gasteiger partial charge < -0.3 is 10.0 Å². The summed E-state index contributed by atoms with van der Waals surface area (Å²) in [6.07, 6.45) is 1.26. The number of amides is 1. The van der Waals surface area contributed by atoms with Gasteiger partial charge >= 0.3 is 5.97 Å². The molecule has 0 saturated heterocycles. The Morgan fingerprint density at radius 1 is 1.47 bits per heavy atom. The summed E-state index contributed by atoms with van der Waals surface area (Å²) in [7, 11) is 0. The van der Waals surface area contributed by atoms with Gasteiger partial charge in [-0.15, -0.1) is 5.10 Å². The van der Waals surface area contributed by atoms with Gasteiger partial charge in [0.15, 0.2) is 5.69 Å². The van der Waals surface area contributed by atoms with Crippen LogP contribution >= 0.6 is 0 Å². The molecule has 1 N–H and O–H groups in total. The van der Waals surface area contributed by atoms with Gasteiger partial charge in [0.25, 0.3) is 0 Å². The van der Waals surface area contributed by atoms with E-state index in [1.807, 2.05) is 13.8 Å². The van der Waals surface area contributed by atoms with E-state index in [1.165, 1.54) is 10.9 Å². The van der Waals surface area contributed by atoms with E-state index in [0.29, 0.717) is 13.1 Å². The van der Waals surface area contributed by atoms with Crippen molar-refractivity contribution >= 4 is 11.9 Å². The summed E-state index contributed by atoms with van der Waals surface area (Å²) in [6, 6.07) is -0.546. The van der Waals surface area contributed by atoms with Crippen LogP contribution < -0.4 is 0 Å². The zero-order valence-electron chi connectivity index (χ0n) is 10.1. The van der Waals surface area contributed by atoms with Crippen LogP contribution in [0.4, 0.5) is 0 Å². The standard InChI is InChI=1S/C10H16N4O3/c1-4-13(5-2)9(15)7(3)14-6-8(10(16)17)11-12-14/h6-7H,4-5H2,1-3H3,(H,16,17). The van der Waals surface area contributed by atoms with Gasteiger partial charge in [0, 0.05) is 13.1 Å². The van der Waals surface area contributed by atoms with Crippen LogP contribution in [-0.2, 0) is 4.79 Å². The molecule has 0 spiro atoms. The van der Waals surface area contributed by atoms with Gasteiger partial charge in [0.2, 0.25) is 5.91 Å². The number of carboxylic acids is 1. The Hall–Kier alpha value is -1.92. The van der Waals surface area contributed by atoms with E-state index < -0.39 is 12.0 Å². The molecule has 0 radical (unpaired) electrons. The van der Waals surface area contributed by atoms with E-state index in [9.17, 15) is 9.59 Å². The Labute approximate surface area is 99.0 Å². The molecule has 7 heteroatoms. The number of aromatic carboxylic acids is 1. The second kappa shape index (κ2) is 5.42. The van der Waals surface area contributed by atoms with Gasteiger partial charge in [-0.1, -0.05) is 5.21 Å². The lowest BCUT2D eigenvalue weighted by Gasteiger charge is -2.22. The fourth-order valence-electron chi connectivity index (χ4n) is 1.48. The lowest BCUT2D eigenvalue weighted by molar-refractivity contribution is -0.134. The smallest absolute Gasteiger partial charge is 0.358 e. The largest absolute Gasteiger partial charge is 0.476 e. The number of rotatable bonds is 5. The fraction of sp³-hybridized carbons (Fsp3) is 0.600. The summed E-state index contributed by atoms with van der Waals surface area (Å²) in [6.45, 7) is 6.66. The number of aromatic nitrogens is 3. The van der Waals surface area contributed by atoms with Gasteiger partial charge in [0.05, 0.1) is 6.20 Å². The highest BCUT2D eigenvalue weighted by molar-refractivity contribution is 5.85. The predicted molar refractivity (Wildman–Crippen MR) is 59.6 cm³/mol. The summed E-state index contributed by atoms with van der Waals surface area (Å²) in [5.74, 6) is -1.25. The van der Waals surface area contributed by atoms with Crippen molar-refractivity contribution in [1.82, 2.24) is 19.9 Å². The van der Waals surface area contributed by atoms with Crippen molar-refractivity contribution in [2.24, 2.45) is 0 Å². The minimum atomic E-state index is -1.15. The summed E-state index contributed by atoms with van der Waals surface area (Å²) in [4.78, 5) is 24.3. The fourth-order valence-corrected chi connectivity index (χ4v) is 1.48. The van der Waals surface area contributed by atoms with Crippen LogP contribution in [0, 0.1) is 0 Å². The van der Waals surface area contributed by atoms with Crippen LogP contribution in [0.15, 0.2) is 6.20 Å². The van der Waals surface area contributed by atoms with E-state index in [4.69, 9.17) is 5.11 Å². The van der Waals surface area contributed by atoms with Crippen molar-refractivity contribution in [2.75, 3.05) is 13.1 Å². The van der Waals surface area contributed by atoms with E-state index in [-0.39, 0.29) is 11.6 Å². The third kappa shape index (κ3) is 2.80. The molecular weight excluding hydrogens is 224 g/mol. The second-order valence-electron chi connectivity index (χ2n) is 3.58. The number of hydrogen-bond donors (Lipinski definition) is 1. The maximum atomic E-state index is 12.0. The lowest BCUT2D eigenvalue weighted by Crippen LogP contribution is -2.36. The maximum Gasteiger partial charge on any atom is 0.358 e. The molecular formula is C10H16N4O3. The molecule has 1 aromatic rings. The molecule has 7 nitrogen and oxygen atoms in total. The molecule has 0 aliphatic rings. The maximum absolute atomic E-state index is 12.0. The van der Waals surface area contributed by atoms with Gasteiger partial charge in [-0.05, 0) is 20.8 Å². The molecule has 0 bridgehead atoms. The molecule has 1 heterocycles. The third-order valence-electron chi connectivity index (χ3n) is 2.56. The molecule has 1 atom stereocenters. The third-order valence-corrected chi connectivity index (χ3v) is 2.56. The van der Waals surface area contributed by atoms with Crippen LogP contribution in [0.25, 0.3) is 0 Å². The molecule has 0 aliphatic heterocycles. The Bertz CT molecular complexity index is 411. The van der Waals surface area contributed by atoms with Crippen molar-refractivity contribution in [1.29, 1.82) is 0 Å². The predicted octanol–water partition coefficient (Wildman–Crippen LogP) is 0.406. The molecule has 94 valence electrons. The quantitative estimate of drug-likeness (QED) is 0.805. The van der Waals surface area contributed by atoms with Gasteiger partial charge in [-0.3, -0.25) is 4.79 Å². The topological polar surface area (TPSA) is 88.3 Å². The van der Waals surface area contributed by atoms with Gasteiger partial charge in [0.1, 0.15) is 6.04 Å². The number of hydrogen-bond acceptors (Lipinski definition) is 4. The van der Waals surface area contributed by atoms with E-state index in [1.54, 1.807) is 11.8 Å². The van der Waals surface area contributed by atoms with Crippen LogP contribution in [0.3, 0.4) is 0 Å². The summed E-state index contributed by atoms with van der Waals surface area (Å²) in [5.41, 5.74) is -0.163. The normalized spacial score (nSPS) is 12.2. The minimum Gasteiger partial charge on any atom is -0.476 e. The van der Waals surface area contributed by atoms with E-state index in [0.717, 1.165) is 0 Å². The Balaban J connectivity index is 2.84. The molecule has 0 fully saturated rings. The van der Waals surface area contributed by atoms with Gasteiger partial charge in [-0.25, -0.2) is 9.48 Å². The summed E-state index contributed by atoms with van der Waals surface area (Å²) >= 11 is 0. The number of nitrogens with zero attached hydrogens (tertiary/aromatic N) is 4. The number of carbonyl (C=O) groups excluding carboxylic acids is 1. The number of likely N-dealkylation sites (N-methyl/N-ethyl adjacent to an activating group) is 1. The Kier molecular flexibility index (Phi) is 4.19. The monoisotopic (exact) mass is 240 g/mol. The average molecular weight is 240 g/mol. The van der Waals surface area contributed by atoms with Crippen LogP contribution in [0.1, 0.15) is 37.3 Å². The van der Waals surface area contributed by atoms with Crippen LogP contribution in [-0.4, -0.2) is 50.0 Å². The van der Waals surface area contributed by atoms with Crippen molar-refractivity contribution in [3.05, 3.63) is 11.9 Å². The van der Waals surface area contributed by atoms with Crippen molar-refractivity contribution in [3.8, 4) is 0 Å². The highest BCUT2D eigenvalue weighted by Crippen LogP contribution is 2.09. The van der Waals surface area contributed by atoms with Gasteiger partial charge in [-0.2, -0.15) is 0 Å². The molecule has 0 aromatic carbocycles. The van der Waals surface area contributed by atoms with Crippen molar-refractivity contribution in [2.45, 2.75) is 26.8 Å². The second-order valence-corrected chi connectivity index (χ2v) is 3.58. The number of carboxylic acid groups (broad SMARTS) is 1. The Morgan fingerprint density at radius 2 is 2.06 bits per heavy atom. The first-order chi connectivity index (χ1) is 8.01. The zero-order valence-corrected chi connectivity index (χ0v) is 10.1. The lowest BCUT2D eigenvalue weighted by atomic mass is 10.3. The highest BCUT2D eigenvalue weighted by Gasteiger charge is 2.22. The van der Waals surface area contributed by atoms with E-state index in [2.05, 4.69) is 10.3 Å². The summed E-state index contributed by atoms with van der Waals surface area (Å²) in [5, 5.41) is 15.8. The SMILES string of the molecule is CCN(CC)C(=O)C(C)n1cc(C(=O)O)nn1. The highest BCUT2D eigenvalue weighted by atomic mass is 16.4. The zero-order chi connectivity index (χ0) is 13.0. The molecule has 0 aliphatic carbocycles. The molecule has 17 heavy (non-hydrogen) atoms. The average Bonchev–Trinajstić information content (AvgIpc) is 2.78. The first kappa shape index (κ1) is 13.1. The molecule has 1 unspecified atom stereocenters. The van der Waals surface area contributed by atoms with E-state index >= 15 is 0 Å². The molecule has 1 rings (SSSR count). The first-order valence-electron chi connectivity index (χ1n) is 5.45. The Morgan fingerprint density at radius 3 is 2.47 bits per heavy atom. The number of carbonyl (C=O) groups is 2. The van der Waals surface area contributed by atoms with Crippen molar-refractivity contribution < 1.29 is 14.7 Å². The molecule has 1 aromatic heterocycles. The molecule has 0 saturated carbocycles. The minimum absolute atomic E-state index is 0.100. The summed E-state index contributed by atoms with van der Waals surface area (Å²) < 4.78 is 1.27. The van der Waals surface area contributed by atoms with Crippen LogP contribution in [0.2, 0.25) is 0 Å². The molecule has 1 amide bonds. The van der Waals surface area contributed by atoms with Crippen molar-refractivity contribution in [3.63, 3.8) is 0 Å².